The van der Waals surface area contributed by atoms with Crippen molar-refractivity contribution in [3.8, 4) is 0 Å². The predicted molar refractivity (Wildman–Crippen MR) is 89.7 cm³/mol. The lowest BCUT2D eigenvalue weighted by atomic mass is 10.1. The third kappa shape index (κ3) is 2.98. The average molecular weight is 290 g/mol. The molecule has 3 nitrogen and oxygen atoms in total. The summed E-state index contributed by atoms with van der Waals surface area (Å²) in [6, 6.07) is 16.1. The number of benzene rings is 2. The number of amidine groups is 1. The molecule has 3 rings (SSSR count). The molecule has 3 heteroatoms. The van der Waals surface area contributed by atoms with Crippen molar-refractivity contribution in [1.82, 2.24) is 5.32 Å². The summed E-state index contributed by atoms with van der Waals surface area (Å²) in [6.07, 6.45) is 2.82. The van der Waals surface area contributed by atoms with Crippen LogP contribution in [0.2, 0.25) is 0 Å². The van der Waals surface area contributed by atoms with Crippen LogP contribution < -0.4 is 5.32 Å². The van der Waals surface area contributed by atoms with Gasteiger partial charge in [0.15, 0.2) is 0 Å². The first kappa shape index (κ1) is 14.3. The quantitative estimate of drug-likeness (QED) is 0.864. The molecule has 110 valence electrons. The van der Waals surface area contributed by atoms with Gasteiger partial charge in [-0.05, 0) is 36.6 Å². The van der Waals surface area contributed by atoms with Crippen molar-refractivity contribution in [3.05, 3.63) is 76.5 Å². The van der Waals surface area contributed by atoms with Gasteiger partial charge in [0, 0.05) is 5.56 Å². The molecule has 0 spiro atoms. The first-order chi connectivity index (χ1) is 10.7. The maximum Gasteiger partial charge on any atom is 0.275 e. The summed E-state index contributed by atoms with van der Waals surface area (Å²) in [4.78, 5) is 16.5. The number of nitrogens with one attached hydrogen (secondary N) is 1. The van der Waals surface area contributed by atoms with Gasteiger partial charge in [0.25, 0.3) is 5.91 Å². The van der Waals surface area contributed by atoms with Gasteiger partial charge in [-0.15, -0.1) is 0 Å². The summed E-state index contributed by atoms with van der Waals surface area (Å²) in [5.41, 5.74) is 4.78. The Morgan fingerprint density at radius 2 is 1.91 bits per heavy atom. The lowest BCUT2D eigenvalue weighted by Gasteiger charge is -2.00. The average Bonchev–Trinajstić information content (AvgIpc) is 2.89. The molecule has 0 saturated carbocycles. The highest BCUT2D eigenvalue weighted by Gasteiger charge is 2.20. The first-order valence-corrected chi connectivity index (χ1v) is 7.43. The van der Waals surface area contributed by atoms with Crippen LogP contribution in [-0.2, 0) is 11.2 Å². The largest absolute Gasteiger partial charge is 0.305 e. The number of aryl methyl sites for hydroxylation is 2. The first-order valence-electron chi connectivity index (χ1n) is 7.43. The number of hydrogen-bond donors (Lipinski definition) is 1. The lowest BCUT2D eigenvalue weighted by molar-refractivity contribution is -0.115. The maximum absolute atomic E-state index is 12.1. The number of rotatable bonds is 3. The van der Waals surface area contributed by atoms with Gasteiger partial charge >= 0.3 is 0 Å². The molecule has 1 amide bonds. The third-order valence-corrected chi connectivity index (χ3v) is 3.68. The summed E-state index contributed by atoms with van der Waals surface area (Å²) in [6.45, 7) is 4.14. The Balaban J connectivity index is 1.90. The minimum atomic E-state index is -0.156. The van der Waals surface area contributed by atoms with Crippen LogP contribution >= 0.6 is 0 Å². The Hall–Kier alpha value is -2.68. The molecular weight excluding hydrogens is 272 g/mol. The molecular formula is C19H18N2O. The molecule has 22 heavy (non-hydrogen) atoms. The number of nitrogens with zero attached hydrogens (tertiary/aromatic N) is 1. The van der Waals surface area contributed by atoms with Crippen molar-refractivity contribution in [2.24, 2.45) is 4.99 Å². The van der Waals surface area contributed by atoms with Crippen molar-refractivity contribution in [2.45, 2.75) is 20.3 Å². The van der Waals surface area contributed by atoms with E-state index in [1.807, 2.05) is 49.4 Å². The Kier molecular flexibility index (Phi) is 3.88. The molecule has 0 unspecified atom stereocenters. The van der Waals surface area contributed by atoms with E-state index >= 15 is 0 Å². The highest BCUT2D eigenvalue weighted by Crippen LogP contribution is 2.16. The van der Waals surface area contributed by atoms with Gasteiger partial charge in [0.05, 0.1) is 0 Å². The van der Waals surface area contributed by atoms with Crippen molar-refractivity contribution in [2.75, 3.05) is 0 Å². The minimum Gasteiger partial charge on any atom is -0.305 e. The number of hydrogen-bond acceptors (Lipinski definition) is 2. The molecule has 0 saturated heterocycles. The van der Waals surface area contributed by atoms with Crippen LogP contribution in [0.3, 0.4) is 0 Å². The van der Waals surface area contributed by atoms with Crippen LogP contribution in [-0.4, -0.2) is 11.7 Å². The molecule has 0 aromatic heterocycles. The molecule has 1 N–H and O–H groups in total. The van der Waals surface area contributed by atoms with E-state index in [1.165, 1.54) is 5.56 Å². The smallest absolute Gasteiger partial charge is 0.275 e. The fourth-order valence-corrected chi connectivity index (χ4v) is 2.41. The second kappa shape index (κ2) is 5.98. The van der Waals surface area contributed by atoms with E-state index in [4.69, 9.17) is 0 Å². The van der Waals surface area contributed by atoms with E-state index in [1.54, 1.807) is 0 Å². The fraction of sp³-hybridized carbons (Fsp3) is 0.158. The van der Waals surface area contributed by atoms with Crippen LogP contribution in [0.25, 0.3) is 6.08 Å². The molecule has 0 fully saturated rings. The van der Waals surface area contributed by atoms with Crippen LogP contribution in [0, 0.1) is 6.92 Å². The second-order valence-electron chi connectivity index (χ2n) is 5.41. The lowest BCUT2D eigenvalue weighted by Crippen LogP contribution is -2.24. The van der Waals surface area contributed by atoms with Crippen molar-refractivity contribution in [1.29, 1.82) is 0 Å². The van der Waals surface area contributed by atoms with E-state index in [9.17, 15) is 4.79 Å². The molecule has 2 aromatic carbocycles. The zero-order chi connectivity index (χ0) is 15.5. The second-order valence-corrected chi connectivity index (χ2v) is 5.41. The Labute approximate surface area is 130 Å². The van der Waals surface area contributed by atoms with Crippen molar-refractivity contribution >= 4 is 17.8 Å². The van der Waals surface area contributed by atoms with E-state index in [0.717, 1.165) is 23.1 Å². The Morgan fingerprint density at radius 1 is 1.14 bits per heavy atom. The maximum atomic E-state index is 12.1. The minimum absolute atomic E-state index is 0.156. The van der Waals surface area contributed by atoms with Crippen LogP contribution in [0.4, 0.5) is 0 Å². The molecule has 0 bridgehead atoms. The zero-order valence-electron chi connectivity index (χ0n) is 12.8. The zero-order valence-corrected chi connectivity index (χ0v) is 12.8. The molecule has 2 aromatic rings. The van der Waals surface area contributed by atoms with Gasteiger partial charge in [-0.2, -0.15) is 0 Å². The highest BCUT2D eigenvalue weighted by atomic mass is 16.2. The topological polar surface area (TPSA) is 41.5 Å². The molecule has 1 heterocycles. The SMILES string of the molecule is CCc1ccc(/C=C2/N=C(c3cccc(C)c3)NC2=O)cc1. The molecule has 0 atom stereocenters. The summed E-state index contributed by atoms with van der Waals surface area (Å²) in [5.74, 6) is 0.459. The summed E-state index contributed by atoms with van der Waals surface area (Å²) in [5, 5.41) is 2.83. The number of carbonyl (C=O) groups is 1. The normalized spacial score (nSPS) is 15.8. The number of carbonyl (C=O) groups excluding carboxylic acids is 1. The van der Waals surface area contributed by atoms with Crippen molar-refractivity contribution < 1.29 is 4.79 Å². The standard InChI is InChI=1S/C19H18N2O/c1-3-14-7-9-15(10-8-14)12-17-19(22)21-18(20-17)16-6-4-5-13(2)11-16/h4-12H,3H2,1-2H3,(H,20,21,22)/b17-12+. The van der Waals surface area contributed by atoms with Gasteiger partial charge in [0.1, 0.15) is 11.5 Å². The van der Waals surface area contributed by atoms with Crippen molar-refractivity contribution in [3.63, 3.8) is 0 Å². The third-order valence-electron chi connectivity index (χ3n) is 3.68. The molecule has 0 aliphatic carbocycles. The summed E-state index contributed by atoms with van der Waals surface area (Å²) < 4.78 is 0. The predicted octanol–water partition coefficient (Wildman–Crippen LogP) is 3.47. The van der Waals surface area contributed by atoms with Crippen LogP contribution in [0.1, 0.15) is 29.2 Å². The molecule has 1 aliphatic heterocycles. The van der Waals surface area contributed by atoms with Crippen LogP contribution in [0.5, 0.6) is 0 Å². The van der Waals surface area contributed by atoms with Gasteiger partial charge in [-0.3, -0.25) is 4.79 Å². The summed E-state index contributed by atoms with van der Waals surface area (Å²) >= 11 is 0. The van der Waals surface area contributed by atoms with E-state index < -0.39 is 0 Å². The number of amides is 1. The van der Waals surface area contributed by atoms with E-state index in [-0.39, 0.29) is 5.91 Å². The van der Waals surface area contributed by atoms with Gasteiger partial charge in [-0.1, -0.05) is 55.0 Å². The van der Waals surface area contributed by atoms with E-state index in [2.05, 4.69) is 29.4 Å². The number of aliphatic imine (C=N–C) groups is 1. The summed E-state index contributed by atoms with van der Waals surface area (Å²) in [7, 11) is 0. The van der Waals surface area contributed by atoms with E-state index in [0.29, 0.717) is 11.5 Å². The highest BCUT2D eigenvalue weighted by molar-refractivity contribution is 6.19. The monoisotopic (exact) mass is 290 g/mol. The Morgan fingerprint density at radius 3 is 2.59 bits per heavy atom. The Bertz CT molecular complexity index is 770. The fourth-order valence-electron chi connectivity index (χ4n) is 2.41. The van der Waals surface area contributed by atoms with Gasteiger partial charge in [0.2, 0.25) is 0 Å². The molecule has 0 radical (unpaired) electrons. The van der Waals surface area contributed by atoms with Gasteiger partial charge < -0.3 is 5.32 Å². The van der Waals surface area contributed by atoms with Crippen LogP contribution in [0.15, 0.2) is 59.2 Å². The van der Waals surface area contributed by atoms with Gasteiger partial charge in [-0.25, -0.2) is 4.99 Å². The molecule has 1 aliphatic rings.